The number of rotatable bonds is 10. The summed E-state index contributed by atoms with van der Waals surface area (Å²) in [5.41, 5.74) is 2.11. The van der Waals surface area contributed by atoms with E-state index in [4.69, 9.17) is 14.2 Å². The van der Waals surface area contributed by atoms with Crippen molar-refractivity contribution in [1.82, 2.24) is 5.32 Å². The second kappa shape index (κ2) is 10.4. The van der Waals surface area contributed by atoms with Crippen LogP contribution >= 0.6 is 0 Å². The predicted octanol–water partition coefficient (Wildman–Crippen LogP) is 4.58. The van der Waals surface area contributed by atoms with Gasteiger partial charge in [-0.15, -0.1) is 0 Å². The van der Waals surface area contributed by atoms with Gasteiger partial charge < -0.3 is 24.4 Å². The summed E-state index contributed by atoms with van der Waals surface area (Å²) < 4.78 is 17.4. The fraction of sp³-hybridized carbons (Fsp3) is 0.480. The molecule has 0 saturated carbocycles. The maximum absolute atomic E-state index is 11.9. The molecule has 2 aromatic carbocycles. The molecule has 0 bridgehead atoms. The van der Waals surface area contributed by atoms with Gasteiger partial charge in [0.2, 0.25) is 5.91 Å². The van der Waals surface area contributed by atoms with Crippen LogP contribution in [0.4, 0.5) is 5.69 Å². The minimum atomic E-state index is -0.0279. The van der Waals surface area contributed by atoms with Gasteiger partial charge in [-0.25, -0.2) is 0 Å². The number of ether oxygens (including phenoxy) is 3. The minimum absolute atomic E-state index is 0.0229. The normalized spacial score (nSPS) is 14.7. The first kappa shape index (κ1) is 22.8. The van der Waals surface area contributed by atoms with Gasteiger partial charge in [0.1, 0.15) is 23.4 Å². The molecule has 0 spiro atoms. The van der Waals surface area contributed by atoms with E-state index in [9.17, 15) is 4.79 Å². The topological polar surface area (TPSA) is 60.0 Å². The van der Waals surface area contributed by atoms with Crippen LogP contribution < -0.4 is 24.4 Å². The van der Waals surface area contributed by atoms with Crippen LogP contribution in [-0.2, 0) is 4.79 Å². The highest BCUT2D eigenvalue weighted by Crippen LogP contribution is 2.35. The number of hydrogen-bond donors (Lipinski definition) is 1. The van der Waals surface area contributed by atoms with Gasteiger partial charge in [-0.05, 0) is 43.2 Å². The van der Waals surface area contributed by atoms with Crippen molar-refractivity contribution in [3.63, 3.8) is 0 Å². The molecule has 0 radical (unpaired) electrons. The Hall–Kier alpha value is -2.89. The van der Waals surface area contributed by atoms with Crippen LogP contribution in [0.25, 0.3) is 0 Å². The summed E-state index contributed by atoms with van der Waals surface area (Å²) in [6, 6.07) is 13.9. The average molecular weight is 427 g/mol. The van der Waals surface area contributed by atoms with Crippen molar-refractivity contribution >= 4 is 11.6 Å². The summed E-state index contributed by atoms with van der Waals surface area (Å²) in [6.45, 7) is 10.2. The Bertz CT molecular complexity index is 860. The van der Waals surface area contributed by atoms with Gasteiger partial charge in [0, 0.05) is 12.0 Å². The SMILES string of the molecule is CCCOc1ccc(N2CC(Oc3ccc([C@H](C)NC(=O)C(C)C)cc3)C2)c(OC)c1. The molecule has 1 atom stereocenters. The maximum Gasteiger partial charge on any atom is 0.223 e. The number of hydrogen-bond acceptors (Lipinski definition) is 5. The van der Waals surface area contributed by atoms with E-state index in [0.29, 0.717) is 6.61 Å². The van der Waals surface area contributed by atoms with Crippen LogP contribution in [0.1, 0.15) is 45.7 Å². The Morgan fingerprint density at radius 2 is 1.77 bits per heavy atom. The van der Waals surface area contributed by atoms with Gasteiger partial charge in [0.25, 0.3) is 0 Å². The molecule has 1 aliphatic rings. The molecule has 1 amide bonds. The summed E-state index contributed by atoms with van der Waals surface area (Å²) in [5.74, 6) is 2.52. The zero-order valence-corrected chi connectivity index (χ0v) is 19.2. The number of carbonyl (C=O) groups is 1. The highest BCUT2D eigenvalue weighted by atomic mass is 16.5. The van der Waals surface area contributed by atoms with E-state index in [2.05, 4.69) is 17.1 Å². The lowest BCUT2D eigenvalue weighted by atomic mass is 10.1. The Labute approximate surface area is 185 Å². The molecule has 1 saturated heterocycles. The standard InChI is InChI=1S/C25H34N2O4/c1-6-13-30-21-11-12-23(24(14-21)29-5)27-15-22(16-27)31-20-9-7-19(8-10-20)18(4)26-25(28)17(2)3/h7-12,14,17-18,22H,6,13,15-16H2,1-5H3,(H,26,28)/t18-/m0/s1. The second-order valence-electron chi connectivity index (χ2n) is 8.28. The van der Waals surface area contributed by atoms with Crippen LogP contribution in [0.5, 0.6) is 17.2 Å². The number of carbonyl (C=O) groups excluding carboxylic acids is 1. The molecule has 31 heavy (non-hydrogen) atoms. The van der Waals surface area contributed by atoms with Crippen molar-refractivity contribution in [2.24, 2.45) is 5.92 Å². The second-order valence-corrected chi connectivity index (χ2v) is 8.28. The first-order chi connectivity index (χ1) is 14.9. The molecular formula is C25H34N2O4. The van der Waals surface area contributed by atoms with Crippen molar-refractivity contribution in [1.29, 1.82) is 0 Å². The van der Waals surface area contributed by atoms with Crippen molar-refractivity contribution < 1.29 is 19.0 Å². The molecule has 1 N–H and O–H groups in total. The molecule has 0 unspecified atom stereocenters. The molecule has 1 fully saturated rings. The lowest BCUT2D eigenvalue weighted by Crippen LogP contribution is -2.54. The van der Waals surface area contributed by atoms with Crippen LogP contribution in [-0.4, -0.2) is 38.8 Å². The van der Waals surface area contributed by atoms with Gasteiger partial charge in [0.15, 0.2) is 0 Å². The molecule has 6 heteroatoms. The Morgan fingerprint density at radius 1 is 1.10 bits per heavy atom. The smallest absolute Gasteiger partial charge is 0.223 e. The Morgan fingerprint density at radius 3 is 2.39 bits per heavy atom. The predicted molar refractivity (Wildman–Crippen MR) is 123 cm³/mol. The van der Waals surface area contributed by atoms with E-state index in [1.807, 2.05) is 63.2 Å². The van der Waals surface area contributed by atoms with E-state index in [1.54, 1.807) is 7.11 Å². The van der Waals surface area contributed by atoms with Crippen molar-refractivity contribution in [2.75, 3.05) is 31.7 Å². The van der Waals surface area contributed by atoms with Crippen LogP contribution in [0.15, 0.2) is 42.5 Å². The fourth-order valence-electron chi connectivity index (χ4n) is 3.43. The molecule has 3 rings (SSSR count). The van der Waals surface area contributed by atoms with Gasteiger partial charge in [0.05, 0.1) is 38.5 Å². The average Bonchev–Trinajstić information content (AvgIpc) is 2.74. The number of benzene rings is 2. The number of methoxy groups -OCH3 is 1. The van der Waals surface area contributed by atoms with Gasteiger partial charge in [-0.3, -0.25) is 4.79 Å². The zero-order valence-electron chi connectivity index (χ0n) is 19.2. The number of nitrogens with zero attached hydrogens (tertiary/aromatic N) is 1. The molecule has 0 aliphatic carbocycles. The van der Waals surface area contributed by atoms with Gasteiger partial charge in [-0.2, -0.15) is 0 Å². The Kier molecular flexibility index (Phi) is 7.66. The van der Waals surface area contributed by atoms with E-state index in [-0.39, 0.29) is 24.0 Å². The highest BCUT2D eigenvalue weighted by Gasteiger charge is 2.30. The number of nitrogens with one attached hydrogen (secondary N) is 1. The highest BCUT2D eigenvalue weighted by molar-refractivity contribution is 5.78. The van der Waals surface area contributed by atoms with Crippen molar-refractivity contribution in [3.05, 3.63) is 48.0 Å². The largest absolute Gasteiger partial charge is 0.494 e. The molecule has 2 aromatic rings. The van der Waals surface area contributed by atoms with Gasteiger partial charge in [-0.1, -0.05) is 32.9 Å². The Balaban J connectivity index is 1.52. The molecular weight excluding hydrogens is 392 g/mol. The summed E-state index contributed by atoms with van der Waals surface area (Å²) in [5, 5.41) is 3.02. The third-order valence-corrected chi connectivity index (χ3v) is 5.38. The van der Waals surface area contributed by atoms with E-state index < -0.39 is 0 Å². The van der Waals surface area contributed by atoms with Gasteiger partial charge >= 0.3 is 0 Å². The van der Waals surface area contributed by atoms with Crippen LogP contribution in [0.2, 0.25) is 0 Å². The lowest BCUT2D eigenvalue weighted by molar-refractivity contribution is -0.124. The monoisotopic (exact) mass is 426 g/mol. The third kappa shape index (κ3) is 5.84. The maximum atomic E-state index is 11.9. The molecule has 6 nitrogen and oxygen atoms in total. The molecule has 1 aliphatic heterocycles. The lowest BCUT2D eigenvalue weighted by Gasteiger charge is -2.41. The number of anilines is 1. The van der Waals surface area contributed by atoms with E-state index in [1.165, 1.54) is 0 Å². The summed E-state index contributed by atoms with van der Waals surface area (Å²) >= 11 is 0. The summed E-state index contributed by atoms with van der Waals surface area (Å²) in [6.07, 6.45) is 1.10. The van der Waals surface area contributed by atoms with Crippen LogP contribution in [0, 0.1) is 5.92 Å². The van der Waals surface area contributed by atoms with E-state index >= 15 is 0 Å². The quantitative estimate of drug-likeness (QED) is 0.602. The first-order valence-electron chi connectivity index (χ1n) is 11.0. The molecule has 168 valence electrons. The molecule has 0 aromatic heterocycles. The molecule has 1 heterocycles. The summed E-state index contributed by atoms with van der Waals surface area (Å²) in [4.78, 5) is 14.1. The first-order valence-corrected chi connectivity index (χ1v) is 11.0. The summed E-state index contributed by atoms with van der Waals surface area (Å²) in [7, 11) is 1.68. The van der Waals surface area contributed by atoms with Crippen molar-refractivity contribution in [2.45, 2.75) is 46.3 Å². The minimum Gasteiger partial charge on any atom is -0.494 e. The van der Waals surface area contributed by atoms with Crippen molar-refractivity contribution in [3.8, 4) is 17.2 Å². The fourth-order valence-corrected chi connectivity index (χ4v) is 3.43. The zero-order chi connectivity index (χ0) is 22.4. The van der Waals surface area contributed by atoms with E-state index in [0.717, 1.165) is 48.0 Å². The number of amides is 1. The van der Waals surface area contributed by atoms with Crippen LogP contribution in [0.3, 0.4) is 0 Å². The third-order valence-electron chi connectivity index (χ3n) is 5.38.